The number of nitrogens with one attached hydrogen (secondary N) is 1. The number of nitro benzene ring substituents is 1. The SMILES string of the molecule is Cc1cc(F)cc(NCc2ccc([N+](=O)[O-])cc2Br)c1. The molecule has 0 aliphatic heterocycles. The van der Waals surface area contributed by atoms with E-state index in [2.05, 4.69) is 21.2 Å². The number of anilines is 1. The Bertz CT molecular complexity index is 641. The summed E-state index contributed by atoms with van der Waals surface area (Å²) in [6.07, 6.45) is 0. The highest BCUT2D eigenvalue weighted by molar-refractivity contribution is 9.10. The van der Waals surface area contributed by atoms with Crippen LogP contribution in [0.3, 0.4) is 0 Å². The molecule has 0 amide bonds. The lowest BCUT2D eigenvalue weighted by Gasteiger charge is -2.09. The highest BCUT2D eigenvalue weighted by Crippen LogP contribution is 2.24. The number of hydrogen-bond acceptors (Lipinski definition) is 3. The summed E-state index contributed by atoms with van der Waals surface area (Å²) in [5, 5.41) is 13.7. The van der Waals surface area contributed by atoms with Crippen molar-refractivity contribution < 1.29 is 9.31 Å². The minimum absolute atomic E-state index is 0.0298. The van der Waals surface area contributed by atoms with Crippen molar-refractivity contribution in [3.63, 3.8) is 0 Å². The van der Waals surface area contributed by atoms with Crippen molar-refractivity contribution in [3.05, 3.63) is 67.9 Å². The molecule has 0 atom stereocenters. The van der Waals surface area contributed by atoms with Crippen molar-refractivity contribution in [2.45, 2.75) is 13.5 Å². The van der Waals surface area contributed by atoms with E-state index in [0.717, 1.165) is 11.1 Å². The second-order valence-electron chi connectivity index (χ2n) is 4.40. The Morgan fingerprint density at radius 3 is 2.65 bits per heavy atom. The standard InChI is InChI=1S/C14H12BrFN2O2/c1-9-4-11(16)6-12(5-9)17-8-10-2-3-13(18(19)20)7-14(10)15/h2-7,17H,8H2,1H3. The zero-order valence-corrected chi connectivity index (χ0v) is 12.3. The third-order valence-electron chi connectivity index (χ3n) is 2.77. The summed E-state index contributed by atoms with van der Waals surface area (Å²) in [5.74, 6) is -0.296. The van der Waals surface area contributed by atoms with Crippen LogP contribution in [0, 0.1) is 22.9 Å². The van der Waals surface area contributed by atoms with Gasteiger partial charge in [0.1, 0.15) is 5.82 Å². The molecule has 0 fully saturated rings. The summed E-state index contributed by atoms with van der Waals surface area (Å²) in [6.45, 7) is 2.26. The molecule has 2 aromatic carbocycles. The van der Waals surface area contributed by atoms with Crippen LogP contribution < -0.4 is 5.32 Å². The van der Waals surface area contributed by atoms with Crippen LogP contribution in [-0.2, 0) is 6.54 Å². The van der Waals surface area contributed by atoms with Gasteiger partial charge in [0.15, 0.2) is 0 Å². The van der Waals surface area contributed by atoms with Crippen molar-refractivity contribution in [1.29, 1.82) is 0 Å². The van der Waals surface area contributed by atoms with Crippen LogP contribution in [0.2, 0.25) is 0 Å². The summed E-state index contributed by atoms with van der Waals surface area (Å²) < 4.78 is 13.9. The molecule has 2 rings (SSSR count). The molecule has 0 saturated carbocycles. The predicted octanol–water partition coefficient (Wildman–Crippen LogP) is 4.42. The molecular weight excluding hydrogens is 327 g/mol. The average molecular weight is 339 g/mol. The molecule has 2 aromatic rings. The van der Waals surface area contributed by atoms with Gasteiger partial charge in [-0.3, -0.25) is 10.1 Å². The number of benzene rings is 2. The zero-order chi connectivity index (χ0) is 14.7. The van der Waals surface area contributed by atoms with Gasteiger partial charge >= 0.3 is 0 Å². The van der Waals surface area contributed by atoms with E-state index >= 15 is 0 Å². The molecule has 1 N–H and O–H groups in total. The summed E-state index contributed by atoms with van der Waals surface area (Å²) in [4.78, 5) is 10.2. The van der Waals surface area contributed by atoms with Crippen molar-refractivity contribution in [1.82, 2.24) is 0 Å². The summed E-state index contributed by atoms with van der Waals surface area (Å²) in [5.41, 5.74) is 2.39. The Morgan fingerprint density at radius 1 is 1.30 bits per heavy atom. The van der Waals surface area contributed by atoms with Crippen LogP contribution in [0.1, 0.15) is 11.1 Å². The number of halogens is 2. The maximum atomic E-state index is 13.3. The maximum absolute atomic E-state index is 13.3. The van der Waals surface area contributed by atoms with Gasteiger partial charge in [-0.15, -0.1) is 0 Å². The first-order valence-electron chi connectivity index (χ1n) is 5.89. The van der Waals surface area contributed by atoms with Gasteiger partial charge in [0.25, 0.3) is 5.69 Å². The van der Waals surface area contributed by atoms with Gasteiger partial charge in [-0.05, 0) is 42.3 Å². The van der Waals surface area contributed by atoms with Crippen LogP contribution in [0.15, 0.2) is 40.9 Å². The summed E-state index contributed by atoms with van der Waals surface area (Å²) in [6, 6.07) is 9.26. The Kier molecular flexibility index (Phi) is 4.34. The fourth-order valence-corrected chi connectivity index (χ4v) is 2.34. The largest absolute Gasteiger partial charge is 0.381 e. The molecule has 0 aliphatic rings. The molecule has 0 bridgehead atoms. The zero-order valence-electron chi connectivity index (χ0n) is 10.7. The molecule has 0 spiro atoms. The first-order valence-corrected chi connectivity index (χ1v) is 6.69. The van der Waals surface area contributed by atoms with Crippen LogP contribution >= 0.6 is 15.9 Å². The lowest BCUT2D eigenvalue weighted by Crippen LogP contribution is -2.01. The monoisotopic (exact) mass is 338 g/mol. The van der Waals surface area contributed by atoms with Gasteiger partial charge in [-0.1, -0.05) is 15.9 Å². The fourth-order valence-electron chi connectivity index (χ4n) is 1.83. The average Bonchev–Trinajstić information content (AvgIpc) is 2.36. The minimum atomic E-state index is -0.447. The van der Waals surface area contributed by atoms with E-state index in [-0.39, 0.29) is 11.5 Å². The van der Waals surface area contributed by atoms with Crippen LogP contribution in [-0.4, -0.2) is 4.92 Å². The number of aryl methyl sites for hydroxylation is 1. The van der Waals surface area contributed by atoms with E-state index in [4.69, 9.17) is 0 Å². The molecular formula is C14H12BrFN2O2. The lowest BCUT2D eigenvalue weighted by molar-refractivity contribution is -0.384. The third kappa shape index (κ3) is 3.54. The number of rotatable bonds is 4. The third-order valence-corrected chi connectivity index (χ3v) is 3.51. The molecule has 0 saturated heterocycles. The highest BCUT2D eigenvalue weighted by atomic mass is 79.9. The normalized spacial score (nSPS) is 10.3. The second-order valence-corrected chi connectivity index (χ2v) is 5.26. The van der Waals surface area contributed by atoms with Crippen molar-refractivity contribution in [3.8, 4) is 0 Å². The van der Waals surface area contributed by atoms with Crippen molar-refractivity contribution in [2.24, 2.45) is 0 Å². The molecule has 0 aliphatic carbocycles. The fraction of sp³-hybridized carbons (Fsp3) is 0.143. The van der Waals surface area contributed by atoms with Gasteiger partial charge < -0.3 is 5.32 Å². The van der Waals surface area contributed by atoms with Gasteiger partial charge in [-0.25, -0.2) is 4.39 Å². The summed E-state index contributed by atoms with van der Waals surface area (Å²) >= 11 is 3.30. The quantitative estimate of drug-likeness (QED) is 0.663. The Labute approximate surface area is 123 Å². The van der Waals surface area contributed by atoms with Crippen LogP contribution in [0.25, 0.3) is 0 Å². The molecule has 0 radical (unpaired) electrons. The van der Waals surface area contributed by atoms with Crippen molar-refractivity contribution in [2.75, 3.05) is 5.32 Å². The Balaban J connectivity index is 2.12. The van der Waals surface area contributed by atoms with E-state index in [1.165, 1.54) is 24.3 Å². The van der Waals surface area contributed by atoms with E-state index in [0.29, 0.717) is 16.7 Å². The molecule has 4 nitrogen and oxygen atoms in total. The molecule has 0 unspecified atom stereocenters. The van der Waals surface area contributed by atoms with E-state index < -0.39 is 4.92 Å². The van der Waals surface area contributed by atoms with Gasteiger partial charge in [0.2, 0.25) is 0 Å². The number of non-ortho nitro benzene ring substituents is 1. The summed E-state index contributed by atoms with van der Waals surface area (Å²) in [7, 11) is 0. The minimum Gasteiger partial charge on any atom is -0.381 e. The maximum Gasteiger partial charge on any atom is 0.270 e. The van der Waals surface area contributed by atoms with Gasteiger partial charge in [0.05, 0.1) is 4.92 Å². The first-order chi connectivity index (χ1) is 9.45. The number of nitro groups is 1. The Hall–Kier alpha value is -1.95. The van der Waals surface area contributed by atoms with Crippen LogP contribution in [0.4, 0.5) is 15.8 Å². The predicted molar refractivity (Wildman–Crippen MR) is 79.3 cm³/mol. The molecule has 0 aromatic heterocycles. The van der Waals surface area contributed by atoms with Crippen molar-refractivity contribution >= 4 is 27.3 Å². The van der Waals surface area contributed by atoms with E-state index in [1.807, 2.05) is 13.0 Å². The molecule has 6 heteroatoms. The molecule has 20 heavy (non-hydrogen) atoms. The lowest BCUT2D eigenvalue weighted by atomic mass is 10.2. The van der Waals surface area contributed by atoms with Gasteiger partial charge in [-0.2, -0.15) is 0 Å². The topological polar surface area (TPSA) is 55.2 Å². The first kappa shape index (κ1) is 14.5. The molecule has 0 heterocycles. The van der Waals surface area contributed by atoms with Crippen LogP contribution in [0.5, 0.6) is 0 Å². The Morgan fingerprint density at radius 2 is 2.05 bits per heavy atom. The van der Waals surface area contributed by atoms with E-state index in [1.54, 1.807) is 6.07 Å². The smallest absolute Gasteiger partial charge is 0.270 e. The highest BCUT2D eigenvalue weighted by Gasteiger charge is 2.09. The second kappa shape index (κ2) is 6.00. The number of hydrogen-bond donors (Lipinski definition) is 1. The number of nitrogens with zero attached hydrogens (tertiary/aromatic N) is 1. The van der Waals surface area contributed by atoms with Gasteiger partial charge in [0, 0.05) is 28.8 Å². The van der Waals surface area contributed by atoms with E-state index in [9.17, 15) is 14.5 Å². The molecule has 104 valence electrons.